The van der Waals surface area contributed by atoms with Gasteiger partial charge >= 0.3 is 0 Å². The maximum Gasteiger partial charge on any atom is 0.273 e. The molecule has 3 aromatic rings. The maximum absolute atomic E-state index is 12.2. The summed E-state index contributed by atoms with van der Waals surface area (Å²) >= 11 is 1.55. The Morgan fingerprint density at radius 1 is 1.48 bits per heavy atom. The quantitative estimate of drug-likeness (QED) is 0.698. The molecule has 1 N–H and O–H groups in total. The van der Waals surface area contributed by atoms with E-state index in [1.807, 2.05) is 13.1 Å². The van der Waals surface area contributed by atoms with Gasteiger partial charge in [0.25, 0.3) is 5.91 Å². The number of carbonyl (C=O) groups excluding carboxylic acids is 1. The molecule has 132 valence electrons. The molecule has 1 aliphatic heterocycles. The number of carbonyl (C=O) groups is 1. The molecule has 25 heavy (non-hydrogen) atoms. The van der Waals surface area contributed by atoms with E-state index in [1.165, 1.54) is 0 Å². The van der Waals surface area contributed by atoms with Gasteiger partial charge in [-0.3, -0.25) is 4.79 Å². The van der Waals surface area contributed by atoms with Crippen LogP contribution in [-0.4, -0.2) is 54.8 Å². The van der Waals surface area contributed by atoms with Crippen LogP contribution in [0.3, 0.4) is 0 Å². The average Bonchev–Trinajstić information content (AvgIpc) is 3.32. The zero-order valence-electron chi connectivity index (χ0n) is 13.9. The molecule has 9 nitrogen and oxygen atoms in total. The number of amides is 1. The molecule has 0 spiro atoms. The summed E-state index contributed by atoms with van der Waals surface area (Å²) in [5.74, 6) is -0.228. The van der Waals surface area contributed by atoms with E-state index < -0.39 is 0 Å². The third-order valence-electron chi connectivity index (χ3n) is 4.05. The van der Waals surface area contributed by atoms with Crippen molar-refractivity contribution in [1.82, 2.24) is 34.9 Å². The normalized spacial score (nSPS) is 17.4. The van der Waals surface area contributed by atoms with Gasteiger partial charge in [0.1, 0.15) is 5.01 Å². The predicted octanol–water partition coefficient (Wildman–Crippen LogP) is 0.842. The van der Waals surface area contributed by atoms with Gasteiger partial charge in [0.05, 0.1) is 30.7 Å². The van der Waals surface area contributed by atoms with Crippen molar-refractivity contribution in [3.8, 4) is 0 Å². The van der Waals surface area contributed by atoms with E-state index in [2.05, 4.69) is 25.7 Å². The molecule has 0 radical (unpaired) electrons. The molecule has 4 heterocycles. The lowest BCUT2D eigenvalue weighted by Crippen LogP contribution is -2.26. The van der Waals surface area contributed by atoms with Crippen molar-refractivity contribution < 1.29 is 9.53 Å². The largest absolute Gasteiger partial charge is 0.376 e. The minimum absolute atomic E-state index is 0.171. The first-order chi connectivity index (χ1) is 12.2. The van der Waals surface area contributed by atoms with Gasteiger partial charge in [-0.25, -0.2) is 14.2 Å². The highest BCUT2D eigenvalue weighted by atomic mass is 32.1. The molecule has 1 aliphatic rings. The number of hydrogen-bond acceptors (Lipinski definition) is 7. The maximum atomic E-state index is 12.2. The monoisotopic (exact) mass is 361 g/mol. The van der Waals surface area contributed by atoms with E-state index >= 15 is 0 Å². The average molecular weight is 361 g/mol. The van der Waals surface area contributed by atoms with E-state index in [4.69, 9.17) is 4.74 Å². The number of ether oxygens (including phenoxy) is 1. The molecule has 3 aromatic heterocycles. The molecule has 10 heteroatoms. The number of aryl methyl sites for hydroxylation is 1. The second kappa shape index (κ2) is 6.89. The Morgan fingerprint density at radius 3 is 3.20 bits per heavy atom. The number of hydrogen-bond donors (Lipinski definition) is 1. The molecule has 1 unspecified atom stereocenters. The Bertz CT molecular complexity index is 846. The summed E-state index contributed by atoms with van der Waals surface area (Å²) in [6, 6.07) is 0. The summed E-state index contributed by atoms with van der Waals surface area (Å²) in [7, 11) is 0. The smallest absolute Gasteiger partial charge is 0.273 e. The fourth-order valence-electron chi connectivity index (χ4n) is 2.85. The number of rotatable bonds is 6. The van der Waals surface area contributed by atoms with Gasteiger partial charge in [0.2, 0.25) is 4.96 Å². The molecule has 0 aromatic carbocycles. The number of nitrogens with one attached hydrogen (secondary N) is 1. The summed E-state index contributed by atoms with van der Waals surface area (Å²) in [4.78, 5) is 17.5. The summed E-state index contributed by atoms with van der Waals surface area (Å²) in [5.41, 5.74) is 1.22. The predicted molar refractivity (Wildman–Crippen MR) is 90.6 cm³/mol. The third kappa shape index (κ3) is 3.69. The van der Waals surface area contributed by atoms with Crippen molar-refractivity contribution in [2.45, 2.75) is 38.8 Å². The zero-order valence-corrected chi connectivity index (χ0v) is 14.7. The van der Waals surface area contributed by atoms with Crippen molar-refractivity contribution in [1.29, 1.82) is 0 Å². The fraction of sp³-hybridized carbons (Fsp3) is 0.533. The van der Waals surface area contributed by atoms with Crippen LogP contribution in [0.2, 0.25) is 0 Å². The second-order valence-corrected chi connectivity index (χ2v) is 7.21. The minimum atomic E-state index is -0.228. The lowest BCUT2D eigenvalue weighted by molar-refractivity contribution is 0.0930. The van der Waals surface area contributed by atoms with E-state index in [1.54, 1.807) is 26.7 Å². The van der Waals surface area contributed by atoms with Gasteiger partial charge in [-0.1, -0.05) is 16.6 Å². The van der Waals surface area contributed by atoms with Crippen LogP contribution in [0.5, 0.6) is 0 Å². The van der Waals surface area contributed by atoms with Gasteiger partial charge < -0.3 is 10.1 Å². The van der Waals surface area contributed by atoms with Crippen LogP contribution >= 0.6 is 11.3 Å². The van der Waals surface area contributed by atoms with Gasteiger partial charge in [-0.05, 0) is 19.8 Å². The van der Waals surface area contributed by atoms with E-state index in [9.17, 15) is 4.79 Å². The topological polar surface area (TPSA) is 99.2 Å². The number of fused-ring (bicyclic) bond motifs is 1. The van der Waals surface area contributed by atoms with Crippen LogP contribution in [0.1, 0.15) is 34.0 Å². The number of imidazole rings is 1. The molecular formula is C15H19N7O2S. The standard InChI is InChI=1S/C15H19N7O2S/c1-10-19-22-7-11(17-15(22)25-10)4-5-16-14(23)13-9-21(20-18-13)8-12-3-2-6-24-12/h7,9,12H,2-6,8H2,1H3,(H,16,23). The van der Waals surface area contributed by atoms with E-state index in [0.717, 1.165) is 35.1 Å². The summed E-state index contributed by atoms with van der Waals surface area (Å²) < 4.78 is 9.00. The van der Waals surface area contributed by atoms with Crippen LogP contribution in [0.4, 0.5) is 0 Å². The molecule has 1 saturated heterocycles. The van der Waals surface area contributed by atoms with Crippen LogP contribution in [0.15, 0.2) is 12.4 Å². The van der Waals surface area contributed by atoms with E-state index in [0.29, 0.717) is 25.2 Å². The van der Waals surface area contributed by atoms with Crippen molar-refractivity contribution in [2.24, 2.45) is 0 Å². The highest BCUT2D eigenvalue weighted by Gasteiger charge is 2.18. The molecule has 0 saturated carbocycles. The minimum Gasteiger partial charge on any atom is -0.376 e. The SMILES string of the molecule is Cc1nn2cc(CCNC(=O)c3cn(CC4CCCO4)nn3)nc2s1. The summed E-state index contributed by atoms with van der Waals surface area (Å²) in [5, 5.41) is 16.1. The Labute approximate surface area is 148 Å². The van der Waals surface area contributed by atoms with Gasteiger partial charge in [0, 0.05) is 19.6 Å². The van der Waals surface area contributed by atoms with Crippen LogP contribution in [-0.2, 0) is 17.7 Å². The Kier molecular flexibility index (Phi) is 4.45. The molecule has 1 atom stereocenters. The first kappa shape index (κ1) is 16.2. The Morgan fingerprint density at radius 2 is 2.40 bits per heavy atom. The van der Waals surface area contributed by atoms with Crippen LogP contribution in [0, 0.1) is 6.92 Å². The van der Waals surface area contributed by atoms with Crippen molar-refractivity contribution in [3.05, 3.63) is 28.8 Å². The second-order valence-electron chi connectivity index (χ2n) is 6.05. The lowest BCUT2D eigenvalue weighted by atomic mass is 10.2. The van der Waals surface area contributed by atoms with Crippen LogP contribution in [0.25, 0.3) is 4.96 Å². The van der Waals surface area contributed by atoms with Crippen molar-refractivity contribution >= 4 is 22.2 Å². The molecule has 0 aliphatic carbocycles. The number of aromatic nitrogens is 6. The first-order valence-corrected chi connectivity index (χ1v) is 9.10. The highest BCUT2D eigenvalue weighted by molar-refractivity contribution is 7.16. The molecule has 1 amide bonds. The molecule has 1 fully saturated rings. The lowest BCUT2D eigenvalue weighted by Gasteiger charge is -2.07. The van der Waals surface area contributed by atoms with Crippen molar-refractivity contribution in [2.75, 3.05) is 13.2 Å². The van der Waals surface area contributed by atoms with Gasteiger partial charge in [-0.15, -0.1) is 5.10 Å². The Balaban J connectivity index is 1.28. The van der Waals surface area contributed by atoms with E-state index in [-0.39, 0.29) is 12.0 Å². The Hall–Kier alpha value is -2.33. The van der Waals surface area contributed by atoms with Gasteiger partial charge in [-0.2, -0.15) is 5.10 Å². The van der Waals surface area contributed by atoms with Gasteiger partial charge in [0.15, 0.2) is 5.69 Å². The molecule has 0 bridgehead atoms. The third-order valence-corrected chi connectivity index (χ3v) is 4.88. The highest BCUT2D eigenvalue weighted by Crippen LogP contribution is 2.14. The van der Waals surface area contributed by atoms with Crippen molar-refractivity contribution in [3.63, 3.8) is 0 Å². The fourth-order valence-corrected chi connectivity index (χ4v) is 3.59. The molecule has 4 rings (SSSR count). The first-order valence-electron chi connectivity index (χ1n) is 8.29. The number of nitrogens with zero attached hydrogens (tertiary/aromatic N) is 6. The summed E-state index contributed by atoms with van der Waals surface area (Å²) in [6.45, 7) is 3.87. The van der Waals surface area contributed by atoms with Crippen LogP contribution < -0.4 is 5.32 Å². The molecular weight excluding hydrogens is 342 g/mol. The zero-order chi connectivity index (χ0) is 17.2. The summed E-state index contributed by atoms with van der Waals surface area (Å²) in [6.07, 6.45) is 6.47.